The smallest absolute Gasteiger partial charge is 0.338 e. The fourth-order valence-corrected chi connectivity index (χ4v) is 2.81. The van der Waals surface area contributed by atoms with E-state index in [4.69, 9.17) is 4.74 Å². The van der Waals surface area contributed by atoms with Crippen molar-refractivity contribution in [3.05, 3.63) is 34.4 Å². The molecular formula is C15H18N2O3. The van der Waals surface area contributed by atoms with Crippen molar-refractivity contribution >= 4 is 11.9 Å². The van der Waals surface area contributed by atoms with Crippen molar-refractivity contribution in [1.29, 1.82) is 0 Å². The van der Waals surface area contributed by atoms with Crippen LogP contribution in [0.2, 0.25) is 0 Å². The number of rotatable bonds is 3. The molecule has 0 unspecified atom stereocenters. The lowest BCUT2D eigenvalue weighted by molar-refractivity contribution is -0.131. The van der Waals surface area contributed by atoms with E-state index in [1.54, 1.807) is 0 Å². The van der Waals surface area contributed by atoms with Crippen LogP contribution in [0.1, 0.15) is 27.0 Å². The minimum Gasteiger partial charge on any atom is -0.457 e. The number of fused-ring (bicyclic) bond motifs is 1. The third-order valence-corrected chi connectivity index (χ3v) is 4.12. The molecule has 2 aliphatic rings. The van der Waals surface area contributed by atoms with Gasteiger partial charge in [0.05, 0.1) is 12.1 Å². The third kappa shape index (κ3) is 2.29. The molecule has 106 valence electrons. The van der Waals surface area contributed by atoms with E-state index in [0.29, 0.717) is 18.7 Å². The second-order valence-electron chi connectivity index (χ2n) is 5.26. The molecule has 20 heavy (non-hydrogen) atoms. The first-order chi connectivity index (χ1) is 9.66. The number of carbonyl (C=O) groups excluding carboxylic acids is 2. The Balaban J connectivity index is 1.72. The SMILES string of the molecule is Cc1c(CCN2CCNCC2=O)ccc2c1COC2=O. The van der Waals surface area contributed by atoms with Crippen LogP contribution in [0.3, 0.4) is 0 Å². The summed E-state index contributed by atoms with van der Waals surface area (Å²) in [5.41, 5.74) is 3.99. The molecule has 0 radical (unpaired) electrons. The van der Waals surface area contributed by atoms with Crippen LogP contribution in [-0.2, 0) is 22.6 Å². The topological polar surface area (TPSA) is 58.6 Å². The van der Waals surface area contributed by atoms with Gasteiger partial charge in [0.15, 0.2) is 0 Å². The van der Waals surface area contributed by atoms with Crippen LogP contribution in [0.25, 0.3) is 0 Å². The van der Waals surface area contributed by atoms with Crippen molar-refractivity contribution in [3.8, 4) is 0 Å². The number of nitrogens with zero attached hydrogens (tertiary/aromatic N) is 1. The lowest BCUT2D eigenvalue weighted by Gasteiger charge is -2.27. The van der Waals surface area contributed by atoms with Crippen molar-refractivity contribution in [2.24, 2.45) is 0 Å². The quantitative estimate of drug-likeness (QED) is 0.822. The van der Waals surface area contributed by atoms with Gasteiger partial charge in [0, 0.05) is 25.2 Å². The van der Waals surface area contributed by atoms with Crippen LogP contribution in [0.15, 0.2) is 12.1 Å². The van der Waals surface area contributed by atoms with E-state index in [2.05, 4.69) is 5.32 Å². The van der Waals surface area contributed by atoms with Gasteiger partial charge in [-0.25, -0.2) is 4.79 Å². The number of nitrogens with one attached hydrogen (secondary N) is 1. The lowest BCUT2D eigenvalue weighted by atomic mass is 9.96. The molecule has 1 aromatic carbocycles. The molecule has 1 fully saturated rings. The van der Waals surface area contributed by atoms with E-state index in [1.807, 2.05) is 24.0 Å². The first kappa shape index (κ1) is 13.1. The van der Waals surface area contributed by atoms with Gasteiger partial charge in [0.2, 0.25) is 5.91 Å². The number of hydrogen-bond donors (Lipinski definition) is 1. The number of piperazine rings is 1. The standard InChI is InChI=1S/C15H18N2O3/c1-10-11(2-3-12-13(10)9-20-15(12)19)4-6-17-7-5-16-8-14(17)18/h2-3,16H,4-9H2,1H3. The molecule has 1 aromatic rings. The molecule has 0 atom stereocenters. The Labute approximate surface area is 117 Å². The Kier molecular flexibility index (Phi) is 3.44. The highest BCUT2D eigenvalue weighted by molar-refractivity contribution is 5.93. The summed E-state index contributed by atoms with van der Waals surface area (Å²) >= 11 is 0. The van der Waals surface area contributed by atoms with E-state index < -0.39 is 0 Å². The van der Waals surface area contributed by atoms with E-state index in [-0.39, 0.29) is 11.9 Å². The Bertz CT molecular complexity index is 568. The Morgan fingerprint density at radius 1 is 1.35 bits per heavy atom. The number of carbonyl (C=O) groups is 2. The number of benzene rings is 1. The zero-order valence-corrected chi connectivity index (χ0v) is 11.6. The van der Waals surface area contributed by atoms with Gasteiger partial charge in [-0.15, -0.1) is 0 Å². The zero-order valence-electron chi connectivity index (χ0n) is 11.6. The average Bonchev–Trinajstić information content (AvgIpc) is 2.82. The van der Waals surface area contributed by atoms with Crippen LogP contribution in [-0.4, -0.2) is 43.0 Å². The Morgan fingerprint density at radius 2 is 2.20 bits per heavy atom. The number of ether oxygens (including phenoxy) is 1. The van der Waals surface area contributed by atoms with E-state index in [1.165, 1.54) is 5.56 Å². The van der Waals surface area contributed by atoms with Gasteiger partial charge in [0.25, 0.3) is 0 Å². The van der Waals surface area contributed by atoms with E-state index in [9.17, 15) is 9.59 Å². The Hall–Kier alpha value is -1.88. The molecule has 5 heteroatoms. The van der Waals surface area contributed by atoms with Crippen molar-refractivity contribution in [3.63, 3.8) is 0 Å². The van der Waals surface area contributed by atoms with Crippen molar-refractivity contribution in [2.75, 3.05) is 26.2 Å². The number of cyclic esters (lactones) is 1. The summed E-state index contributed by atoms with van der Waals surface area (Å²) in [4.78, 5) is 25.1. The summed E-state index contributed by atoms with van der Waals surface area (Å²) in [6, 6.07) is 3.82. The summed E-state index contributed by atoms with van der Waals surface area (Å²) in [6.45, 7) is 5.19. The van der Waals surface area contributed by atoms with E-state index in [0.717, 1.165) is 37.2 Å². The van der Waals surface area contributed by atoms with E-state index >= 15 is 0 Å². The maximum atomic E-state index is 11.7. The monoisotopic (exact) mass is 274 g/mol. The molecule has 2 heterocycles. The Morgan fingerprint density at radius 3 is 3.00 bits per heavy atom. The minimum absolute atomic E-state index is 0.161. The molecule has 1 N–H and O–H groups in total. The number of hydrogen-bond acceptors (Lipinski definition) is 4. The van der Waals surface area contributed by atoms with Crippen LogP contribution in [0, 0.1) is 6.92 Å². The van der Waals surface area contributed by atoms with Crippen LogP contribution < -0.4 is 5.32 Å². The van der Waals surface area contributed by atoms with Crippen molar-refractivity contribution in [1.82, 2.24) is 10.2 Å². The molecule has 0 bridgehead atoms. The molecule has 2 aliphatic heterocycles. The zero-order chi connectivity index (χ0) is 14.1. The molecule has 1 amide bonds. The largest absolute Gasteiger partial charge is 0.457 e. The fraction of sp³-hybridized carbons (Fsp3) is 0.467. The van der Waals surface area contributed by atoms with Gasteiger partial charge in [-0.3, -0.25) is 4.79 Å². The van der Waals surface area contributed by atoms with Gasteiger partial charge >= 0.3 is 5.97 Å². The lowest BCUT2D eigenvalue weighted by Crippen LogP contribution is -2.48. The highest BCUT2D eigenvalue weighted by Crippen LogP contribution is 2.26. The normalized spacial score (nSPS) is 18.1. The molecule has 5 nitrogen and oxygen atoms in total. The molecular weight excluding hydrogens is 256 g/mol. The minimum atomic E-state index is -0.230. The predicted molar refractivity (Wildman–Crippen MR) is 73.5 cm³/mol. The second kappa shape index (κ2) is 5.25. The number of esters is 1. The summed E-state index contributed by atoms with van der Waals surface area (Å²) in [7, 11) is 0. The summed E-state index contributed by atoms with van der Waals surface area (Å²) < 4.78 is 5.06. The van der Waals surface area contributed by atoms with Gasteiger partial charge in [-0.05, 0) is 30.5 Å². The van der Waals surface area contributed by atoms with Gasteiger partial charge in [-0.2, -0.15) is 0 Å². The highest BCUT2D eigenvalue weighted by Gasteiger charge is 2.24. The highest BCUT2D eigenvalue weighted by atomic mass is 16.5. The molecule has 3 rings (SSSR count). The average molecular weight is 274 g/mol. The van der Waals surface area contributed by atoms with Gasteiger partial charge in [-0.1, -0.05) is 6.07 Å². The molecule has 0 aliphatic carbocycles. The first-order valence-electron chi connectivity index (χ1n) is 6.94. The third-order valence-electron chi connectivity index (χ3n) is 4.12. The molecule has 0 saturated carbocycles. The summed E-state index contributed by atoms with van der Waals surface area (Å²) in [5.74, 6) is -0.0690. The van der Waals surface area contributed by atoms with Crippen LogP contribution >= 0.6 is 0 Å². The summed E-state index contributed by atoms with van der Waals surface area (Å²) in [6.07, 6.45) is 0.818. The fourth-order valence-electron chi connectivity index (χ4n) is 2.81. The van der Waals surface area contributed by atoms with Crippen LogP contribution in [0.4, 0.5) is 0 Å². The van der Waals surface area contributed by atoms with Crippen molar-refractivity contribution < 1.29 is 14.3 Å². The number of amides is 1. The van der Waals surface area contributed by atoms with Gasteiger partial charge < -0.3 is 15.0 Å². The summed E-state index contributed by atoms with van der Waals surface area (Å²) in [5, 5.41) is 3.07. The first-order valence-corrected chi connectivity index (χ1v) is 6.94. The van der Waals surface area contributed by atoms with Crippen LogP contribution in [0.5, 0.6) is 0 Å². The molecule has 0 spiro atoms. The maximum absolute atomic E-state index is 11.7. The predicted octanol–water partition coefficient (Wildman–Crippen LogP) is 0.640. The van der Waals surface area contributed by atoms with Gasteiger partial charge in [0.1, 0.15) is 6.61 Å². The molecule has 0 aromatic heterocycles. The van der Waals surface area contributed by atoms with Crippen molar-refractivity contribution in [2.45, 2.75) is 20.0 Å². The second-order valence-corrected chi connectivity index (χ2v) is 5.26. The molecule has 1 saturated heterocycles. The maximum Gasteiger partial charge on any atom is 0.338 e.